The fourth-order valence-electron chi connectivity index (χ4n) is 3.04. The second kappa shape index (κ2) is 5.89. The maximum absolute atomic E-state index is 13.3. The molecule has 0 saturated heterocycles. The van der Waals surface area contributed by atoms with E-state index in [1.807, 2.05) is 24.3 Å². The third kappa shape index (κ3) is 3.15. The van der Waals surface area contributed by atoms with Crippen LogP contribution in [0.3, 0.4) is 0 Å². The molecule has 3 aromatic rings. The Bertz CT molecular complexity index is 1070. The molecule has 0 aromatic heterocycles. The number of hydrogen-bond acceptors (Lipinski definition) is 2. The van der Waals surface area contributed by atoms with Gasteiger partial charge in [-0.1, -0.05) is 36.4 Å². The monoisotopic (exact) mass is 359 g/mol. The Labute approximate surface area is 144 Å². The Kier molecular flexibility index (Phi) is 3.81. The number of nitrogens with one attached hydrogen (secondary N) is 1. The van der Waals surface area contributed by atoms with Gasteiger partial charge in [-0.2, -0.15) is 0 Å². The van der Waals surface area contributed by atoms with Gasteiger partial charge in [0.05, 0.1) is 4.90 Å². The van der Waals surface area contributed by atoms with Crippen LogP contribution in [0.25, 0.3) is 10.8 Å². The molecule has 1 saturated carbocycles. The van der Waals surface area contributed by atoms with E-state index in [1.54, 1.807) is 18.2 Å². The zero-order valence-corrected chi connectivity index (χ0v) is 13.9. The highest BCUT2D eigenvalue weighted by molar-refractivity contribution is 7.89. The Morgan fingerprint density at radius 3 is 2.40 bits per heavy atom. The van der Waals surface area contributed by atoms with Crippen molar-refractivity contribution >= 4 is 20.8 Å². The molecule has 6 heteroatoms. The molecule has 25 heavy (non-hydrogen) atoms. The van der Waals surface area contributed by atoms with Gasteiger partial charge in [-0.25, -0.2) is 21.9 Å². The Hall–Kier alpha value is -2.31. The number of benzene rings is 3. The van der Waals surface area contributed by atoms with Crippen molar-refractivity contribution in [3.8, 4) is 0 Å². The first-order valence-corrected chi connectivity index (χ1v) is 9.38. The van der Waals surface area contributed by atoms with Crippen LogP contribution in [0.15, 0.2) is 65.6 Å². The zero-order chi connectivity index (χ0) is 17.6. The SMILES string of the molecule is O=S(=O)(NC1CC1c1ccc(F)c(F)c1)c1ccc2ccccc2c1. The summed E-state index contributed by atoms with van der Waals surface area (Å²) in [6, 6.07) is 15.9. The fraction of sp³-hybridized carbons (Fsp3) is 0.158. The van der Waals surface area contributed by atoms with Crippen LogP contribution in [0.2, 0.25) is 0 Å². The molecule has 1 aliphatic rings. The average Bonchev–Trinajstić information content (AvgIpc) is 3.35. The zero-order valence-electron chi connectivity index (χ0n) is 13.1. The van der Waals surface area contributed by atoms with E-state index in [1.165, 1.54) is 6.07 Å². The van der Waals surface area contributed by atoms with Gasteiger partial charge in [-0.3, -0.25) is 0 Å². The molecule has 2 unspecified atom stereocenters. The van der Waals surface area contributed by atoms with Crippen molar-refractivity contribution in [2.24, 2.45) is 0 Å². The fourth-order valence-corrected chi connectivity index (χ4v) is 4.36. The molecule has 1 fully saturated rings. The lowest BCUT2D eigenvalue weighted by molar-refractivity contribution is 0.507. The van der Waals surface area contributed by atoms with E-state index in [-0.39, 0.29) is 16.9 Å². The van der Waals surface area contributed by atoms with Crippen molar-refractivity contribution < 1.29 is 17.2 Å². The third-order valence-corrected chi connectivity index (χ3v) is 5.99. The van der Waals surface area contributed by atoms with Gasteiger partial charge in [-0.05, 0) is 47.0 Å². The molecule has 1 N–H and O–H groups in total. The standard InChI is InChI=1S/C19H15F2NO2S/c20-17-8-6-14(10-18(17)21)16-11-19(16)22-25(23,24)15-7-5-12-3-1-2-4-13(12)9-15/h1-10,16,19,22H,11H2. The van der Waals surface area contributed by atoms with Crippen LogP contribution in [0.1, 0.15) is 17.9 Å². The molecule has 1 aliphatic carbocycles. The lowest BCUT2D eigenvalue weighted by Gasteiger charge is -2.08. The number of sulfonamides is 1. The summed E-state index contributed by atoms with van der Waals surface area (Å²) in [5.41, 5.74) is 0.602. The van der Waals surface area contributed by atoms with Crippen LogP contribution >= 0.6 is 0 Å². The topological polar surface area (TPSA) is 46.2 Å². The van der Waals surface area contributed by atoms with Crippen molar-refractivity contribution in [1.82, 2.24) is 4.72 Å². The van der Waals surface area contributed by atoms with Gasteiger partial charge in [0.1, 0.15) is 0 Å². The second-order valence-electron chi connectivity index (χ2n) is 6.25. The van der Waals surface area contributed by atoms with E-state index < -0.39 is 21.7 Å². The summed E-state index contributed by atoms with van der Waals surface area (Å²) < 4.78 is 54.2. The first-order chi connectivity index (χ1) is 11.9. The van der Waals surface area contributed by atoms with E-state index in [2.05, 4.69) is 4.72 Å². The van der Waals surface area contributed by atoms with E-state index in [0.717, 1.165) is 22.9 Å². The van der Waals surface area contributed by atoms with Gasteiger partial charge in [0.25, 0.3) is 0 Å². The summed E-state index contributed by atoms with van der Waals surface area (Å²) in [6.45, 7) is 0. The highest BCUT2D eigenvalue weighted by Gasteiger charge is 2.41. The van der Waals surface area contributed by atoms with E-state index >= 15 is 0 Å². The molecule has 0 bridgehead atoms. The molecule has 4 rings (SSSR count). The maximum Gasteiger partial charge on any atom is 0.240 e. The van der Waals surface area contributed by atoms with Crippen LogP contribution < -0.4 is 4.72 Å². The van der Waals surface area contributed by atoms with Crippen molar-refractivity contribution in [2.45, 2.75) is 23.3 Å². The highest BCUT2D eigenvalue weighted by atomic mass is 32.2. The molecule has 0 amide bonds. The number of halogens is 2. The normalized spacial score (nSPS) is 19.9. The first kappa shape index (κ1) is 16.2. The van der Waals surface area contributed by atoms with Crippen LogP contribution in [-0.4, -0.2) is 14.5 Å². The summed E-state index contributed by atoms with van der Waals surface area (Å²) in [4.78, 5) is 0.196. The van der Waals surface area contributed by atoms with Gasteiger partial charge in [0.15, 0.2) is 11.6 Å². The largest absolute Gasteiger partial charge is 0.240 e. The quantitative estimate of drug-likeness (QED) is 0.767. The van der Waals surface area contributed by atoms with Crippen molar-refractivity contribution in [3.05, 3.63) is 77.9 Å². The van der Waals surface area contributed by atoms with Gasteiger partial charge >= 0.3 is 0 Å². The van der Waals surface area contributed by atoms with E-state index in [9.17, 15) is 17.2 Å². The van der Waals surface area contributed by atoms with Crippen LogP contribution in [0.4, 0.5) is 8.78 Å². The molecular weight excluding hydrogens is 344 g/mol. The van der Waals surface area contributed by atoms with Gasteiger partial charge in [0, 0.05) is 12.0 Å². The molecule has 128 valence electrons. The summed E-state index contributed by atoms with van der Waals surface area (Å²) in [5, 5.41) is 1.81. The Morgan fingerprint density at radius 2 is 1.64 bits per heavy atom. The molecule has 0 radical (unpaired) electrons. The molecular formula is C19H15F2NO2S. The Morgan fingerprint density at radius 1 is 0.880 bits per heavy atom. The maximum atomic E-state index is 13.3. The van der Waals surface area contributed by atoms with Crippen molar-refractivity contribution in [2.75, 3.05) is 0 Å². The van der Waals surface area contributed by atoms with Gasteiger partial charge < -0.3 is 0 Å². The van der Waals surface area contributed by atoms with Gasteiger partial charge in [0.2, 0.25) is 10.0 Å². The minimum absolute atomic E-state index is 0.134. The first-order valence-electron chi connectivity index (χ1n) is 7.90. The summed E-state index contributed by atoms with van der Waals surface area (Å²) in [5.74, 6) is -1.96. The molecule has 0 aliphatic heterocycles. The van der Waals surface area contributed by atoms with Crippen molar-refractivity contribution in [1.29, 1.82) is 0 Å². The molecule has 3 aromatic carbocycles. The lowest BCUT2D eigenvalue weighted by atomic mass is 10.1. The smallest absolute Gasteiger partial charge is 0.207 e. The van der Waals surface area contributed by atoms with Crippen LogP contribution in [0, 0.1) is 11.6 Å². The minimum Gasteiger partial charge on any atom is -0.207 e. The predicted octanol–water partition coefficient (Wildman–Crippen LogP) is 3.95. The molecule has 0 heterocycles. The van der Waals surface area contributed by atoms with E-state index in [4.69, 9.17) is 0 Å². The summed E-state index contributed by atoms with van der Waals surface area (Å²) in [6.07, 6.45) is 0.567. The highest BCUT2D eigenvalue weighted by Crippen LogP contribution is 2.42. The van der Waals surface area contributed by atoms with Crippen LogP contribution in [-0.2, 0) is 10.0 Å². The number of rotatable bonds is 4. The number of hydrogen-bond donors (Lipinski definition) is 1. The third-order valence-electron chi connectivity index (χ3n) is 4.50. The van der Waals surface area contributed by atoms with Crippen molar-refractivity contribution in [3.63, 3.8) is 0 Å². The summed E-state index contributed by atoms with van der Waals surface area (Å²) >= 11 is 0. The van der Waals surface area contributed by atoms with Crippen LogP contribution in [0.5, 0.6) is 0 Å². The lowest BCUT2D eigenvalue weighted by Crippen LogP contribution is -2.26. The number of fused-ring (bicyclic) bond motifs is 1. The Balaban J connectivity index is 1.54. The molecule has 0 spiro atoms. The average molecular weight is 359 g/mol. The predicted molar refractivity (Wildman–Crippen MR) is 91.8 cm³/mol. The molecule has 2 atom stereocenters. The second-order valence-corrected chi connectivity index (χ2v) is 7.97. The van der Waals surface area contributed by atoms with Gasteiger partial charge in [-0.15, -0.1) is 0 Å². The summed E-state index contributed by atoms with van der Waals surface area (Å²) in [7, 11) is -3.67. The molecule has 3 nitrogen and oxygen atoms in total. The van der Waals surface area contributed by atoms with E-state index in [0.29, 0.717) is 12.0 Å². The minimum atomic E-state index is -3.67.